The molecule has 1 rings (SSSR count). The first-order chi connectivity index (χ1) is 7.33. The first kappa shape index (κ1) is 11.5. The lowest BCUT2D eigenvalue weighted by molar-refractivity contribution is -0.234. The highest BCUT2D eigenvalue weighted by Crippen LogP contribution is 2.09. The van der Waals surface area contributed by atoms with Crippen molar-refractivity contribution in [2.24, 2.45) is 0 Å². The van der Waals surface area contributed by atoms with Crippen LogP contribution in [0.5, 0.6) is 5.75 Å². The van der Waals surface area contributed by atoms with E-state index in [1.165, 1.54) is 0 Å². The van der Waals surface area contributed by atoms with Gasteiger partial charge >= 0.3 is 5.97 Å². The van der Waals surface area contributed by atoms with E-state index in [1.54, 1.807) is 0 Å². The molecule has 0 saturated heterocycles. The van der Waals surface area contributed by atoms with Crippen LogP contribution in [-0.4, -0.2) is 17.8 Å². The van der Waals surface area contributed by atoms with Gasteiger partial charge < -0.3 is 9.62 Å². The molecule has 0 bridgehead atoms. The van der Waals surface area contributed by atoms with E-state index in [1.807, 2.05) is 30.3 Å². The molecule has 4 heteroatoms. The SMILES string of the molecule is O=C(CCCCOc1ccccc1)OO. The van der Waals surface area contributed by atoms with Crippen molar-refractivity contribution >= 4 is 5.97 Å². The van der Waals surface area contributed by atoms with Crippen molar-refractivity contribution in [1.82, 2.24) is 0 Å². The molecule has 1 aromatic carbocycles. The van der Waals surface area contributed by atoms with Gasteiger partial charge in [0.15, 0.2) is 0 Å². The fraction of sp³-hybridized carbons (Fsp3) is 0.364. The maximum absolute atomic E-state index is 10.5. The van der Waals surface area contributed by atoms with E-state index in [2.05, 4.69) is 4.89 Å². The highest BCUT2D eigenvalue weighted by atomic mass is 17.1. The molecule has 0 saturated carbocycles. The molecule has 0 aliphatic heterocycles. The Morgan fingerprint density at radius 3 is 2.60 bits per heavy atom. The van der Waals surface area contributed by atoms with Crippen LogP contribution in [0.1, 0.15) is 19.3 Å². The standard InChI is InChI=1S/C11H14O4/c12-11(15-13)8-4-5-9-14-10-6-2-1-3-7-10/h1-3,6-7,13H,4-5,8-9H2. The number of hydrogen-bond donors (Lipinski definition) is 1. The van der Waals surface area contributed by atoms with E-state index in [9.17, 15) is 4.79 Å². The topological polar surface area (TPSA) is 55.8 Å². The van der Waals surface area contributed by atoms with Crippen molar-refractivity contribution in [2.75, 3.05) is 6.61 Å². The molecular weight excluding hydrogens is 196 g/mol. The van der Waals surface area contributed by atoms with E-state index < -0.39 is 5.97 Å². The summed E-state index contributed by atoms with van der Waals surface area (Å²) in [5.74, 6) is 0.219. The smallest absolute Gasteiger partial charge is 0.342 e. The van der Waals surface area contributed by atoms with E-state index >= 15 is 0 Å². The average Bonchev–Trinajstić information content (AvgIpc) is 2.29. The molecule has 0 spiro atoms. The molecule has 0 aromatic heterocycles. The Morgan fingerprint density at radius 2 is 1.93 bits per heavy atom. The third-order valence-electron chi connectivity index (χ3n) is 1.89. The lowest BCUT2D eigenvalue weighted by Crippen LogP contribution is -2.02. The summed E-state index contributed by atoms with van der Waals surface area (Å²) in [5, 5.41) is 7.99. The monoisotopic (exact) mass is 210 g/mol. The molecule has 0 heterocycles. The summed E-state index contributed by atoms with van der Waals surface area (Å²) in [7, 11) is 0. The molecule has 82 valence electrons. The number of rotatable bonds is 6. The van der Waals surface area contributed by atoms with Crippen molar-refractivity contribution in [1.29, 1.82) is 0 Å². The zero-order valence-electron chi connectivity index (χ0n) is 8.39. The predicted molar refractivity (Wildman–Crippen MR) is 54.5 cm³/mol. The van der Waals surface area contributed by atoms with Crippen molar-refractivity contribution in [2.45, 2.75) is 19.3 Å². The van der Waals surface area contributed by atoms with Gasteiger partial charge in [-0.3, -0.25) is 0 Å². The molecule has 15 heavy (non-hydrogen) atoms. The molecule has 0 radical (unpaired) electrons. The molecule has 0 amide bonds. The van der Waals surface area contributed by atoms with Crippen LogP contribution >= 0.6 is 0 Å². The summed E-state index contributed by atoms with van der Waals surface area (Å²) in [6.07, 6.45) is 1.62. The Kier molecular flexibility index (Phi) is 5.25. The fourth-order valence-corrected chi connectivity index (χ4v) is 1.12. The first-order valence-electron chi connectivity index (χ1n) is 4.85. The van der Waals surface area contributed by atoms with Gasteiger partial charge in [0.1, 0.15) is 5.75 Å². The van der Waals surface area contributed by atoms with E-state index in [-0.39, 0.29) is 6.42 Å². The normalized spacial score (nSPS) is 9.67. The van der Waals surface area contributed by atoms with Crippen LogP contribution in [0, 0.1) is 0 Å². The molecular formula is C11H14O4. The fourth-order valence-electron chi connectivity index (χ4n) is 1.12. The molecule has 0 unspecified atom stereocenters. The number of benzene rings is 1. The second-order valence-corrected chi connectivity index (χ2v) is 3.08. The number of carbonyl (C=O) groups excluding carboxylic acids is 1. The van der Waals surface area contributed by atoms with Crippen molar-refractivity contribution in [3.63, 3.8) is 0 Å². The van der Waals surface area contributed by atoms with E-state index in [0.29, 0.717) is 13.0 Å². The van der Waals surface area contributed by atoms with Gasteiger partial charge in [0.05, 0.1) is 6.61 Å². The molecule has 0 aliphatic carbocycles. The predicted octanol–water partition coefficient (Wildman–Crippen LogP) is 2.25. The van der Waals surface area contributed by atoms with Crippen LogP contribution in [0.15, 0.2) is 30.3 Å². The molecule has 0 fully saturated rings. The summed E-state index contributed by atoms with van der Waals surface area (Å²) >= 11 is 0. The first-order valence-corrected chi connectivity index (χ1v) is 4.85. The zero-order chi connectivity index (χ0) is 10.9. The Morgan fingerprint density at radius 1 is 1.20 bits per heavy atom. The number of hydrogen-bond acceptors (Lipinski definition) is 4. The van der Waals surface area contributed by atoms with Gasteiger partial charge in [0.2, 0.25) is 0 Å². The van der Waals surface area contributed by atoms with Gasteiger partial charge in [-0.05, 0) is 25.0 Å². The lowest BCUT2D eigenvalue weighted by Gasteiger charge is -2.04. The average molecular weight is 210 g/mol. The van der Waals surface area contributed by atoms with Crippen LogP contribution in [0.3, 0.4) is 0 Å². The van der Waals surface area contributed by atoms with Gasteiger partial charge in [-0.1, -0.05) is 18.2 Å². The Labute approximate surface area is 88.4 Å². The third kappa shape index (κ3) is 5.02. The molecule has 1 aromatic rings. The number of carbonyl (C=O) groups is 1. The number of unbranched alkanes of at least 4 members (excludes halogenated alkanes) is 1. The summed E-state index contributed by atoms with van der Waals surface area (Å²) < 4.78 is 5.41. The van der Waals surface area contributed by atoms with E-state index in [0.717, 1.165) is 12.2 Å². The van der Waals surface area contributed by atoms with Crippen molar-refractivity contribution < 1.29 is 19.7 Å². The lowest BCUT2D eigenvalue weighted by atomic mass is 10.2. The highest BCUT2D eigenvalue weighted by Gasteiger charge is 2.00. The van der Waals surface area contributed by atoms with Gasteiger partial charge in [0, 0.05) is 6.42 Å². The largest absolute Gasteiger partial charge is 0.494 e. The van der Waals surface area contributed by atoms with E-state index in [4.69, 9.17) is 9.99 Å². The van der Waals surface area contributed by atoms with Crippen LogP contribution in [-0.2, 0) is 9.68 Å². The highest BCUT2D eigenvalue weighted by molar-refractivity contribution is 5.68. The maximum atomic E-state index is 10.5. The number of para-hydroxylation sites is 1. The van der Waals surface area contributed by atoms with Gasteiger partial charge in [-0.2, -0.15) is 5.26 Å². The van der Waals surface area contributed by atoms with Crippen molar-refractivity contribution in [3.8, 4) is 5.75 Å². The molecule has 4 nitrogen and oxygen atoms in total. The Balaban J connectivity index is 2.05. The summed E-state index contributed by atoms with van der Waals surface area (Å²) in [6, 6.07) is 9.48. The minimum absolute atomic E-state index is 0.217. The van der Waals surface area contributed by atoms with Crippen LogP contribution in [0.2, 0.25) is 0 Å². The molecule has 1 N–H and O–H groups in total. The minimum Gasteiger partial charge on any atom is -0.494 e. The van der Waals surface area contributed by atoms with Crippen molar-refractivity contribution in [3.05, 3.63) is 30.3 Å². The van der Waals surface area contributed by atoms with Gasteiger partial charge in [-0.15, -0.1) is 0 Å². The van der Waals surface area contributed by atoms with Crippen LogP contribution < -0.4 is 4.74 Å². The van der Waals surface area contributed by atoms with Gasteiger partial charge in [-0.25, -0.2) is 4.79 Å². The van der Waals surface area contributed by atoms with Crippen LogP contribution in [0.4, 0.5) is 0 Å². The summed E-state index contributed by atoms with van der Waals surface area (Å²) in [5.41, 5.74) is 0. The Bertz CT molecular complexity index is 284. The Hall–Kier alpha value is -1.55. The second kappa shape index (κ2) is 6.84. The zero-order valence-corrected chi connectivity index (χ0v) is 8.39. The maximum Gasteiger partial charge on any atom is 0.342 e. The second-order valence-electron chi connectivity index (χ2n) is 3.08. The third-order valence-corrected chi connectivity index (χ3v) is 1.89. The van der Waals surface area contributed by atoms with Crippen LogP contribution in [0.25, 0.3) is 0 Å². The number of ether oxygens (including phenoxy) is 1. The minimum atomic E-state index is -0.602. The summed E-state index contributed by atoms with van der Waals surface area (Å²) in [6.45, 7) is 0.558. The van der Waals surface area contributed by atoms with Gasteiger partial charge in [0.25, 0.3) is 0 Å². The quantitative estimate of drug-likeness (QED) is 0.444. The molecule has 0 atom stereocenters. The summed E-state index contributed by atoms with van der Waals surface area (Å²) in [4.78, 5) is 14.1. The molecule has 0 aliphatic rings.